The maximum atomic E-state index is 14.2. The lowest BCUT2D eigenvalue weighted by Crippen LogP contribution is -2.47. The number of benzene rings is 1. The van der Waals surface area contributed by atoms with E-state index < -0.39 is 0 Å². The number of anilines is 1. The Balaban J connectivity index is 1.90. The summed E-state index contributed by atoms with van der Waals surface area (Å²) in [5.41, 5.74) is 1.46. The van der Waals surface area contributed by atoms with Crippen LogP contribution >= 0.6 is 0 Å². The Morgan fingerprint density at radius 3 is 2.64 bits per heavy atom. The molecule has 6 nitrogen and oxygen atoms in total. The van der Waals surface area contributed by atoms with Gasteiger partial charge in [0, 0.05) is 54.1 Å². The Morgan fingerprint density at radius 1 is 1.29 bits per heavy atom. The van der Waals surface area contributed by atoms with Crippen molar-refractivity contribution in [3.63, 3.8) is 0 Å². The van der Waals surface area contributed by atoms with E-state index >= 15 is 0 Å². The van der Waals surface area contributed by atoms with Crippen molar-refractivity contribution in [3.05, 3.63) is 29.6 Å². The van der Waals surface area contributed by atoms with Gasteiger partial charge in [0.2, 0.25) is 0 Å². The molecule has 1 aromatic carbocycles. The molecule has 158 valence electrons. The van der Waals surface area contributed by atoms with E-state index in [4.69, 9.17) is 14.5 Å². The van der Waals surface area contributed by atoms with Crippen molar-refractivity contribution in [2.45, 2.75) is 38.8 Å². The van der Waals surface area contributed by atoms with Gasteiger partial charge in [-0.25, -0.2) is 9.38 Å². The summed E-state index contributed by atoms with van der Waals surface area (Å²) in [5.74, 6) is 0.673. The quantitative estimate of drug-likeness (QED) is 0.397. The molecule has 0 atom stereocenters. The Hall–Kier alpha value is -1.86. The minimum Gasteiger partial charge on any atom is -0.385 e. The smallest absolute Gasteiger partial charge is 0.194 e. The predicted molar refractivity (Wildman–Crippen MR) is 113 cm³/mol. The van der Waals surface area contributed by atoms with Gasteiger partial charge in [0.1, 0.15) is 5.82 Å². The van der Waals surface area contributed by atoms with Crippen molar-refractivity contribution < 1.29 is 13.9 Å². The second-order valence-electron chi connectivity index (χ2n) is 7.25. The first-order valence-electron chi connectivity index (χ1n) is 10.1. The molecule has 2 rings (SSSR count). The normalized spacial score (nSPS) is 15.8. The Kier molecular flexibility index (Phi) is 9.50. The van der Waals surface area contributed by atoms with Gasteiger partial charge in [-0.05, 0) is 43.9 Å². The zero-order valence-electron chi connectivity index (χ0n) is 17.7. The van der Waals surface area contributed by atoms with Crippen LogP contribution in [0.3, 0.4) is 0 Å². The SMILES string of the molecule is CCNC(=NCc1ccc(N(C)C)c(F)c1)N1CCC(OCCCOC)CC1. The van der Waals surface area contributed by atoms with Crippen molar-refractivity contribution in [2.75, 3.05) is 59.0 Å². The number of hydrogen-bond donors (Lipinski definition) is 1. The molecular weight excluding hydrogens is 359 g/mol. The Labute approximate surface area is 168 Å². The topological polar surface area (TPSA) is 49.3 Å². The van der Waals surface area contributed by atoms with Crippen LogP contribution in [-0.4, -0.2) is 71.0 Å². The van der Waals surface area contributed by atoms with E-state index in [0.717, 1.165) is 63.6 Å². The van der Waals surface area contributed by atoms with Crippen LogP contribution in [0.25, 0.3) is 0 Å². The van der Waals surface area contributed by atoms with Gasteiger partial charge in [0.15, 0.2) is 5.96 Å². The average molecular weight is 395 g/mol. The van der Waals surface area contributed by atoms with Crippen LogP contribution in [0.1, 0.15) is 31.7 Å². The fourth-order valence-corrected chi connectivity index (χ4v) is 3.29. The number of halogens is 1. The van der Waals surface area contributed by atoms with Crippen LogP contribution in [0.5, 0.6) is 0 Å². The fourth-order valence-electron chi connectivity index (χ4n) is 3.29. The lowest BCUT2D eigenvalue weighted by molar-refractivity contribution is 0.00990. The van der Waals surface area contributed by atoms with Gasteiger partial charge >= 0.3 is 0 Å². The molecule has 1 aliphatic heterocycles. The van der Waals surface area contributed by atoms with Gasteiger partial charge in [-0.15, -0.1) is 0 Å². The monoisotopic (exact) mass is 394 g/mol. The number of methoxy groups -OCH3 is 1. The molecule has 1 aliphatic rings. The molecule has 0 saturated carbocycles. The van der Waals surface area contributed by atoms with Gasteiger partial charge in [0.25, 0.3) is 0 Å². The number of aliphatic imine (C=N–C) groups is 1. The van der Waals surface area contributed by atoms with Gasteiger partial charge in [-0.1, -0.05) is 6.07 Å². The summed E-state index contributed by atoms with van der Waals surface area (Å²) in [4.78, 5) is 8.77. The zero-order chi connectivity index (χ0) is 20.4. The maximum absolute atomic E-state index is 14.2. The van der Waals surface area contributed by atoms with Crippen LogP contribution in [0, 0.1) is 5.82 Å². The molecule has 7 heteroatoms. The fraction of sp³-hybridized carbons (Fsp3) is 0.667. The molecule has 1 aromatic rings. The molecule has 0 spiro atoms. The summed E-state index contributed by atoms with van der Waals surface area (Å²) in [7, 11) is 5.39. The first-order chi connectivity index (χ1) is 13.5. The van der Waals surface area contributed by atoms with Crippen LogP contribution < -0.4 is 10.2 Å². The lowest BCUT2D eigenvalue weighted by Gasteiger charge is -2.34. The molecule has 1 heterocycles. The van der Waals surface area contributed by atoms with E-state index in [1.165, 1.54) is 0 Å². The summed E-state index contributed by atoms with van der Waals surface area (Å²) < 4.78 is 25.2. The highest BCUT2D eigenvalue weighted by atomic mass is 19.1. The number of likely N-dealkylation sites (tertiary alicyclic amines) is 1. The van der Waals surface area contributed by atoms with Gasteiger partial charge in [0.05, 0.1) is 18.3 Å². The van der Waals surface area contributed by atoms with E-state index in [-0.39, 0.29) is 5.82 Å². The molecule has 0 unspecified atom stereocenters. The van der Waals surface area contributed by atoms with Crippen LogP contribution in [0.2, 0.25) is 0 Å². The molecule has 0 bridgehead atoms. The summed E-state index contributed by atoms with van der Waals surface area (Å²) >= 11 is 0. The van der Waals surface area contributed by atoms with E-state index in [0.29, 0.717) is 18.3 Å². The lowest BCUT2D eigenvalue weighted by atomic mass is 10.1. The molecule has 0 aromatic heterocycles. The second-order valence-corrected chi connectivity index (χ2v) is 7.25. The molecule has 1 fully saturated rings. The summed E-state index contributed by atoms with van der Waals surface area (Å²) in [6, 6.07) is 5.31. The Morgan fingerprint density at radius 2 is 2.04 bits per heavy atom. The van der Waals surface area contributed by atoms with E-state index in [9.17, 15) is 4.39 Å². The van der Waals surface area contributed by atoms with Crippen molar-refractivity contribution in [3.8, 4) is 0 Å². The highest BCUT2D eigenvalue weighted by Crippen LogP contribution is 2.19. The molecule has 28 heavy (non-hydrogen) atoms. The largest absolute Gasteiger partial charge is 0.385 e. The average Bonchev–Trinajstić information content (AvgIpc) is 2.69. The summed E-state index contributed by atoms with van der Waals surface area (Å²) in [6.07, 6.45) is 3.22. The number of hydrogen-bond acceptors (Lipinski definition) is 4. The van der Waals surface area contributed by atoms with Crippen LogP contribution in [-0.2, 0) is 16.0 Å². The highest BCUT2D eigenvalue weighted by molar-refractivity contribution is 5.80. The van der Waals surface area contributed by atoms with Crippen molar-refractivity contribution in [1.82, 2.24) is 10.2 Å². The second kappa shape index (κ2) is 11.9. The van der Waals surface area contributed by atoms with Gasteiger partial charge in [-0.2, -0.15) is 0 Å². The first kappa shape index (κ1) is 22.4. The summed E-state index contributed by atoms with van der Waals surface area (Å²) in [5, 5.41) is 3.36. The number of nitrogens with one attached hydrogen (secondary N) is 1. The summed E-state index contributed by atoms with van der Waals surface area (Å²) in [6.45, 7) is 6.64. The van der Waals surface area contributed by atoms with E-state index in [1.807, 2.05) is 20.2 Å². The third kappa shape index (κ3) is 6.95. The molecular formula is C21H35FN4O2. The zero-order valence-corrected chi connectivity index (χ0v) is 17.7. The number of ether oxygens (including phenoxy) is 2. The first-order valence-corrected chi connectivity index (χ1v) is 10.1. The van der Waals surface area contributed by atoms with Gasteiger partial charge in [-0.3, -0.25) is 0 Å². The van der Waals surface area contributed by atoms with E-state index in [2.05, 4.69) is 17.1 Å². The maximum Gasteiger partial charge on any atom is 0.194 e. The molecule has 1 saturated heterocycles. The third-order valence-electron chi connectivity index (χ3n) is 4.83. The standard InChI is InChI=1S/C21H35FN4O2/c1-5-23-21(24-16-17-7-8-20(25(2)3)19(22)15-17)26-11-9-18(10-12-26)28-14-6-13-27-4/h7-8,15,18H,5-6,9-14,16H2,1-4H3,(H,23,24). The Bertz CT molecular complexity index is 616. The van der Waals surface area contributed by atoms with Crippen LogP contribution in [0.15, 0.2) is 23.2 Å². The number of rotatable bonds is 9. The van der Waals surface area contributed by atoms with Crippen LogP contribution in [0.4, 0.5) is 10.1 Å². The molecule has 0 aliphatic carbocycles. The highest BCUT2D eigenvalue weighted by Gasteiger charge is 2.21. The molecule has 0 amide bonds. The minimum atomic E-state index is -0.214. The predicted octanol–water partition coefficient (Wildman–Crippen LogP) is 2.87. The minimum absolute atomic E-state index is 0.214. The molecule has 1 N–H and O–H groups in total. The van der Waals surface area contributed by atoms with Crippen molar-refractivity contribution in [2.24, 2.45) is 4.99 Å². The number of guanidine groups is 1. The number of nitrogens with zero attached hydrogens (tertiary/aromatic N) is 3. The number of piperidine rings is 1. The van der Waals surface area contributed by atoms with Crippen molar-refractivity contribution in [1.29, 1.82) is 0 Å². The van der Waals surface area contributed by atoms with E-state index in [1.54, 1.807) is 24.1 Å². The molecule has 0 radical (unpaired) electrons. The van der Waals surface area contributed by atoms with Crippen molar-refractivity contribution >= 4 is 11.6 Å². The van der Waals surface area contributed by atoms with Gasteiger partial charge < -0.3 is 24.6 Å². The third-order valence-corrected chi connectivity index (χ3v) is 4.83.